The lowest BCUT2D eigenvalue weighted by Gasteiger charge is -2.23. The van der Waals surface area contributed by atoms with Crippen molar-refractivity contribution in [3.05, 3.63) is 95.6 Å². The number of carbonyl (C=O) groups is 2. The van der Waals surface area contributed by atoms with Crippen molar-refractivity contribution in [3.8, 4) is 11.1 Å². The smallest absolute Gasteiger partial charge is 0.339 e. The molecular formula is C26H22F2O9S. The van der Waals surface area contributed by atoms with E-state index in [0.717, 1.165) is 0 Å². The Bertz CT molecular complexity index is 1410. The fourth-order valence-electron chi connectivity index (χ4n) is 3.91. The molecular weight excluding hydrogens is 526 g/mol. The van der Waals surface area contributed by atoms with Crippen LogP contribution in [0.3, 0.4) is 0 Å². The van der Waals surface area contributed by atoms with E-state index in [9.17, 15) is 36.4 Å². The zero-order chi connectivity index (χ0) is 27.5. The SMILES string of the molecule is O=C(OC[C@H]1O[C@@H](O)C(F)(F)[C@@H]1OC(=O)c1ccc(-c2ccccc2)cc1CS(=O)(=O)O)c1ccccc1. The molecule has 1 fully saturated rings. The number of carbonyl (C=O) groups excluding carboxylic acids is 2. The van der Waals surface area contributed by atoms with Crippen LogP contribution >= 0.6 is 0 Å². The Morgan fingerprint density at radius 3 is 2.18 bits per heavy atom. The van der Waals surface area contributed by atoms with Gasteiger partial charge < -0.3 is 19.3 Å². The molecule has 2 N–H and O–H groups in total. The van der Waals surface area contributed by atoms with Crippen LogP contribution in [0.25, 0.3) is 11.1 Å². The van der Waals surface area contributed by atoms with Gasteiger partial charge in [0.25, 0.3) is 10.1 Å². The molecule has 1 saturated heterocycles. The average Bonchev–Trinajstić information content (AvgIpc) is 3.10. The first-order chi connectivity index (χ1) is 18.0. The summed E-state index contributed by atoms with van der Waals surface area (Å²) in [5.41, 5.74) is 0.701. The molecule has 1 aliphatic rings. The lowest BCUT2D eigenvalue weighted by atomic mass is 9.99. The molecule has 1 aliphatic heterocycles. The Labute approximate surface area is 216 Å². The van der Waals surface area contributed by atoms with Gasteiger partial charge >= 0.3 is 17.9 Å². The van der Waals surface area contributed by atoms with Gasteiger partial charge in [0.05, 0.1) is 11.1 Å². The van der Waals surface area contributed by atoms with E-state index in [0.29, 0.717) is 11.1 Å². The van der Waals surface area contributed by atoms with E-state index < -0.39 is 64.4 Å². The lowest BCUT2D eigenvalue weighted by Crippen LogP contribution is -2.44. The van der Waals surface area contributed by atoms with Crippen LogP contribution in [0.1, 0.15) is 26.3 Å². The minimum atomic E-state index is -4.62. The Morgan fingerprint density at radius 1 is 0.921 bits per heavy atom. The Balaban J connectivity index is 1.58. The highest BCUT2D eigenvalue weighted by Gasteiger charge is 2.61. The standard InChI is InChI=1S/C26H22F2O9S/c27-26(28)22(21(36-25(26)31)14-35-23(29)17-9-5-2-6-10-17)37-24(30)20-12-11-18(16-7-3-1-4-8-16)13-19(20)15-38(32,33)34/h1-13,21-22,25,31H,14-15H2,(H,32,33,34)/t21-,22-,25-/m1/s1. The van der Waals surface area contributed by atoms with Crippen molar-refractivity contribution in [1.29, 1.82) is 0 Å². The normalized spacial score (nSPS) is 20.6. The molecule has 0 unspecified atom stereocenters. The van der Waals surface area contributed by atoms with Crippen molar-refractivity contribution >= 4 is 22.1 Å². The number of ether oxygens (including phenoxy) is 3. The van der Waals surface area contributed by atoms with Gasteiger partial charge in [0, 0.05) is 0 Å². The largest absolute Gasteiger partial charge is 0.459 e. The van der Waals surface area contributed by atoms with E-state index in [4.69, 9.17) is 14.2 Å². The third-order valence-electron chi connectivity index (χ3n) is 5.74. The maximum atomic E-state index is 14.7. The van der Waals surface area contributed by atoms with Gasteiger partial charge in [0.15, 0.2) is 6.10 Å². The van der Waals surface area contributed by atoms with Crippen molar-refractivity contribution in [2.45, 2.75) is 30.2 Å². The molecule has 9 nitrogen and oxygen atoms in total. The van der Waals surface area contributed by atoms with E-state index >= 15 is 0 Å². The zero-order valence-corrected chi connectivity index (χ0v) is 20.4. The predicted octanol–water partition coefficient (Wildman–Crippen LogP) is 3.48. The molecule has 0 saturated carbocycles. The topological polar surface area (TPSA) is 136 Å². The second kappa shape index (κ2) is 11.0. The summed E-state index contributed by atoms with van der Waals surface area (Å²) < 4.78 is 76.9. The molecule has 38 heavy (non-hydrogen) atoms. The number of aliphatic hydroxyl groups excluding tert-OH is 1. The Hall–Kier alpha value is -3.71. The monoisotopic (exact) mass is 548 g/mol. The summed E-state index contributed by atoms with van der Waals surface area (Å²) in [6, 6.07) is 20.3. The first kappa shape index (κ1) is 27.3. The number of halogens is 2. The number of rotatable bonds is 8. The fraction of sp³-hybridized carbons (Fsp3) is 0.231. The van der Waals surface area contributed by atoms with Gasteiger partial charge in [-0.15, -0.1) is 0 Å². The van der Waals surface area contributed by atoms with E-state index in [1.807, 2.05) is 0 Å². The molecule has 0 bridgehead atoms. The molecule has 4 rings (SSSR count). The highest BCUT2D eigenvalue weighted by atomic mass is 32.2. The van der Waals surface area contributed by atoms with Crippen LogP contribution in [0.4, 0.5) is 8.78 Å². The first-order valence-electron chi connectivity index (χ1n) is 11.2. The van der Waals surface area contributed by atoms with Crippen molar-refractivity contribution < 1.29 is 50.7 Å². The molecule has 0 amide bonds. The highest BCUT2D eigenvalue weighted by Crippen LogP contribution is 2.38. The van der Waals surface area contributed by atoms with Crippen molar-refractivity contribution in [3.63, 3.8) is 0 Å². The van der Waals surface area contributed by atoms with E-state index in [1.165, 1.54) is 30.3 Å². The van der Waals surface area contributed by atoms with E-state index in [2.05, 4.69) is 0 Å². The number of benzene rings is 3. The number of hydrogen-bond acceptors (Lipinski definition) is 8. The van der Waals surface area contributed by atoms with Crippen molar-refractivity contribution in [2.75, 3.05) is 6.61 Å². The maximum Gasteiger partial charge on any atom is 0.339 e. The molecule has 1 heterocycles. The van der Waals surface area contributed by atoms with Gasteiger partial charge in [0.1, 0.15) is 18.5 Å². The molecule has 3 aromatic rings. The quantitative estimate of drug-likeness (QED) is 0.320. The zero-order valence-electron chi connectivity index (χ0n) is 19.6. The minimum absolute atomic E-state index is 0.139. The van der Waals surface area contributed by atoms with E-state index in [-0.39, 0.29) is 11.1 Å². The van der Waals surface area contributed by atoms with Crippen LogP contribution in [0.5, 0.6) is 0 Å². The van der Waals surface area contributed by atoms with Crippen LogP contribution in [-0.2, 0) is 30.1 Å². The summed E-state index contributed by atoms with van der Waals surface area (Å²) in [6.45, 7) is -0.775. The number of aliphatic hydroxyl groups is 1. The number of esters is 2. The molecule has 12 heteroatoms. The third kappa shape index (κ3) is 6.22. The highest BCUT2D eigenvalue weighted by molar-refractivity contribution is 7.85. The van der Waals surface area contributed by atoms with Gasteiger partial charge in [-0.1, -0.05) is 54.6 Å². The maximum absolute atomic E-state index is 14.7. The van der Waals surface area contributed by atoms with Crippen LogP contribution in [0.2, 0.25) is 0 Å². The Kier molecular flexibility index (Phi) is 7.88. The second-order valence-electron chi connectivity index (χ2n) is 8.46. The van der Waals surface area contributed by atoms with Gasteiger partial charge in [-0.3, -0.25) is 4.55 Å². The molecule has 3 aromatic carbocycles. The number of alkyl halides is 2. The van der Waals surface area contributed by atoms with E-state index in [1.54, 1.807) is 48.5 Å². The fourth-order valence-corrected chi connectivity index (χ4v) is 4.54. The Morgan fingerprint density at radius 2 is 1.55 bits per heavy atom. The molecule has 0 aromatic heterocycles. The predicted molar refractivity (Wildman–Crippen MR) is 129 cm³/mol. The summed E-state index contributed by atoms with van der Waals surface area (Å²) in [7, 11) is -4.62. The second-order valence-corrected chi connectivity index (χ2v) is 9.91. The summed E-state index contributed by atoms with van der Waals surface area (Å²) >= 11 is 0. The van der Waals surface area contributed by atoms with Gasteiger partial charge in [-0.25, -0.2) is 9.59 Å². The minimum Gasteiger partial charge on any atom is -0.459 e. The van der Waals surface area contributed by atoms with Crippen molar-refractivity contribution in [1.82, 2.24) is 0 Å². The van der Waals surface area contributed by atoms with Crippen LogP contribution in [0, 0.1) is 0 Å². The van der Waals surface area contributed by atoms with Crippen LogP contribution < -0.4 is 0 Å². The van der Waals surface area contributed by atoms with Crippen LogP contribution in [0.15, 0.2) is 78.9 Å². The third-order valence-corrected chi connectivity index (χ3v) is 6.42. The van der Waals surface area contributed by atoms with Crippen LogP contribution in [-0.4, -0.2) is 61.0 Å². The first-order valence-corrected chi connectivity index (χ1v) is 12.8. The summed E-state index contributed by atoms with van der Waals surface area (Å²) in [5.74, 6) is -7.27. The van der Waals surface area contributed by atoms with Gasteiger partial charge in [-0.2, -0.15) is 17.2 Å². The van der Waals surface area contributed by atoms with Crippen molar-refractivity contribution in [2.24, 2.45) is 0 Å². The summed E-state index contributed by atoms with van der Waals surface area (Å²) in [4.78, 5) is 25.2. The van der Waals surface area contributed by atoms with Gasteiger partial charge in [-0.05, 0) is 41.0 Å². The number of hydrogen-bond donors (Lipinski definition) is 2. The molecule has 0 radical (unpaired) electrons. The molecule has 200 valence electrons. The molecule has 3 atom stereocenters. The lowest BCUT2D eigenvalue weighted by molar-refractivity contribution is -0.199. The molecule has 0 spiro atoms. The van der Waals surface area contributed by atoms with Gasteiger partial charge in [0.2, 0.25) is 6.29 Å². The average molecular weight is 549 g/mol. The summed E-state index contributed by atoms with van der Waals surface area (Å²) in [5, 5.41) is 9.72. The summed E-state index contributed by atoms with van der Waals surface area (Å²) in [6.07, 6.45) is -6.76. The molecule has 0 aliphatic carbocycles.